The van der Waals surface area contributed by atoms with E-state index in [2.05, 4.69) is 20.9 Å². The third kappa shape index (κ3) is 3.28. The number of hydrogen-bond acceptors (Lipinski definition) is 1. The fraction of sp³-hybridized carbons (Fsp3) is 0.250. The molecule has 0 aliphatic carbocycles. The zero-order valence-corrected chi connectivity index (χ0v) is 11.2. The maximum atomic E-state index is 12.0. The van der Waals surface area contributed by atoms with E-state index in [1.54, 1.807) is 6.20 Å². The molecule has 2 aromatic rings. The van der Waals surface area contributed by atoms with Crippen LogP contribution in [0.25, 0.3) is 10.9 Å². The Morgan fingerprint density at radius 2 is 2.11 bits per heavy atom. The van der Waals surface area contributed by atoms with Crippen molar-refractivity contribution in [1.82, 2.24) is 10.3 Å². The van der Waals surface area contributed by atoms with E-state index in [0.717, 1.165) is 20.9 Å². The lowest BCUT2D eigenvalue weighted by atomic mass is 10.1. The van der Waals surface area contributed by atoms with Gasteiger partial charge in [-0.1, -0.05) is 22.0 Å². The number of alkyl halides is 3. The van der Waals surface area contributed by atoms with E-state index in [-0.39, 0.29) is 6.54 Å². The monoisotopic (exact) mass is 334 g/mol. The number of amides is 1. The molecule has 0 saturated carbocycles. The van der Waals surface area contributed by atoms with Gasteiger partial charge < -0.3 is 10.3 Å². The van der Waals surface area contributed by atoms with Crippen LogP contribution in [0.5, 0.6) is 0 Å². The number of fused-ring (bicyclic) bond motifs is 1. The molecule has 1 amide bonds. The molecule has 7 heteroatoms. The van der Waals surface area contributed by atoms with Crippen molar-refractivity contribution in [2.24, 2.45) is 0 Å². The number of aromatic nitrogens is 1. The zero-order chi connectivity index (χ0) is 14.0. The Morgan fingerprint density at radius 1 is 1.37 bits per heavy atom. The second-order valence-corrected chi connectivity index (χ2v) is 4.92. The Morgan fingerprint density at radius 3 is 2.79 bits per heavy atom. The molecule has 2 N–H and O–H groups in total. The maximum Gasteiger partial charge on any atom is 0.471 e. The number of carbonyl (C=O) groups is 1. The van der Waals surface area contributed by atoms with Gasteiger partial charge in [0.05, 0.1) is 0 Å². The second kappa shape index (κ2) is 5.24. The molecular formula is C12H10BrF3N2O. The van der Waals surface area contributed by atoms with E-state index in [4.69, 9.17) is 0 Å². The van der Waals surface area contributed by atoms with E-state index in [1.165, 1.54) is 0 Å². The molecule has 19 heavy (non-hydrogen) atoms. The minimum Gasteiger partial charge on any atom is -0.361 e. The molecule has 0 spiro atoms. The van der Waals surface area contributed by atoms with Crippen LogP contribution in [-0.4, -0.2) is 23.6 Å². The van der Waals surface area contributed by atoms with Crippen LogP contribution >= 0.6 is 15.9 Å². The molecule has 102 valence electrons. The number of H-pyrrole nitrogens is 1. The van der Waals surface area contributed by atoms with Crippen molar-refractivity contribution in [3.05, 3.63) is 34.4 Å². The minimum absolute atomic E-state index is 0.0542. The highest BCUT2D eigenvalue weighted by atomic mass is 79.9. The third-order valence-corrected chi connectivity index (χ3v) is 3.16. The van der Waals surface area contributed by atoms with Crippen LogP contribution in [0.1, 0.15) is 5.56 Å². The van der Waals surface area contributed by atoms with Crippen molar-refractivity contribution in [3.63, 3.8) is 0 Å². The van der Waals surface area contributed by atoms with Gasteiger partial charge in [-0.05, 0) is 24.1 Å². The highest BCUT2D eigenvalue weighted by Gasteiger charge is 2.38. The topological polar surface area (TPSA) is 44.9 Å². The van der Waals surface area contributed by atoms with Gasteiger partial charge in [0.15, 0.2) is 0 Å². The summed E-state index contributed by atoms with van der Waals surface area (Å²) in [7, 11) is 0. The van der Waals surface area contributed by atoms with Crippen molar-refractivity contribution in [2.45, 2.75) is 12.6 Å². The average Bonchev–Trinajstić information content (AvgIpc) is 2.70. The van der Waals surface area contributed by atoms with Crippen molar-refractivity contribution >= 4 is 32.7 Å². The summed E-state index contributed by atoms with van der Waals surface area (Å²) in [6.45, 7) is -0.0542. The lowest BCUT2D eigenvalue weighted by Crippen LogP contribution is -2.37. The molecule has 0 fully saturated rings. The van der Waals surface area contributed by atoms with Gasteiger partial charge in [-0.3, -0.25) is 4.79 Å². The summed E-state index contributed by atoms with van der Waals surface area (Å²) in [5, 5.41) is 2.78. The molecule has 0 aliphatic heterocycles. The standard InChI is InChI=1S/C12H10BrF3N2O/c13-8-1-2-9-7(6-18-10(9)5-8)3-4-17-11(19)12(14,15)16/h1-2,5-6,18H,3-4H2,(H,17,19). The molecule has 0 atom stereocenters. The smallest absolute Gasteiger partial charge is 0.361 e. The minimum atomic E-state index is -4.83. The molecular weight excluding hydrogens is 325 g/mol. The number of halogens is 4. The van der Waals surface area contributed by atoms with Crippen LogP contribution in [0.4, 0.5) is 13.2 Å². The summed E-state index contributed by atoms with van der Waals surface area (Å²) in [5.41, 5.74) is 1.76. The van der Waals surface area contributed by atoms with Crippen LogP contribution in [-0.2, 0) is 11.2 Å². The van der Waals surface area contributed by atoms with Crippen molar-refractivity contribution in [3.8, 4) is 0 Å². The van der Waals surface area contributed by atoms with Gasteiger partial charge in [-0.25, -0.2) is 0 Å². The number of benzene rings is 1. The van der Waals surface area contributed by atoms with Gasteiger partial charge >= 0.3 is 12.1 Å². The quantitative estimate of drug-likeness (QED) is 0.889. The largest absolute Gasteiger partial charge is 0.471 e. The first-order valence-corrected chi connectivity index (χ1v) is 6.28. The third-order valence-electron chi connectivity index (χ3n) is 2.67. The predicted octanol–water partition coefficient (Wildman–Crippen LogP) is 3.15. The fourth-order valence-corrected chi connectivity index (χ4v) is 2.14. The Bertz CT molecular complexity index is 607. The summed E-state index contributed by atoms with van der Waals surface area (Å²) in [4.78, 5) is 13.7. The van der Waals surface area contributed by atoms with Gasteiger partial charge in [0.25, 0.3) is 0 Å². The van der Waals surface area contributed by atoms with Gasteiger partial charge in [-0.2, -0.15) is 13.2 Å². The first kappa shape index (κ1) is 13.9. The molecule has 1 heterocycles. The van der Waals surface area contributed by atoms with Crippen LogP contribution in [0.3, 0.4) is 0 Å². The summed E-state index contributed by atoms with van der Waals surface area (Å²) in [6, 6.07) is 5.61. The second-order valence-electron chi connectivity index (χ2n) is 4.01. The first-order valence-electron chi connectivity index (χ1n) is 5.48. The van der Waals surface area contributed by atoms with E-state index in [1.807, 2.05) is 23.5 Å². The summed E-state index contributed by atoms with van der Waals surface area (Å²) in [6.07, 6.45) is -2.76. The summed E-state index contributed by atoms with van der Waals surface area (Å²) >= 11 is 3.33. The van der Waals surface area contributed by atoms with Gasteiger partial charge in [0.2, 0.25) is 0 Å². The molecule has 0 bridgehead atoms. The van der Waals surface area contributed by atoms with Crippen molar-refractivity contribution in [1.29, 1.82) is 0 Å². The molecule has 0 unspecified atom stereocenters. The van der Waals surface area contributed by atoms with E-state index in [0.29, 0.717) is 6.42 Å². The number of carbonyl (C=O) groups excluding carboxylic acids is 1. The zero-order valence-electron chi connectivity index (χ0n) is 9.64. The average molecular weight is 335 g/mol. The van der Waals surface area contributed by atoms with Crippen molar-refractivity contribution < 1.29 is 18.0 Å². The normalized spacial score (nSPS) is 11.8. The van der Waals surface area contributed by atoms with Crippen molar-refractivity contribution in [2.75, 3.05) is 6.54 Å². The van der Waals surface area contributed by atoms with E-state index in [9.17, 15) is 18.0 Å². The summed E-state index contributed by atoms with van der Waals surface area (Å²) in [5.74, 6) is -1.91. The van der Waals surface area contributed by atoms with Crippen LogP contribution in [0.2, 0.25) is 0 Å². The molecule has 0 saturated heterocycles. The molecule has 0 radical (unpaired) electrons. The molecule has 0 aliphatic rings. The van der Waals surface area contributed by atoms with Crippen LogP contribution in [0, 0.1) is 0 Å². The SMILES string of the molecule is O=C(NCCc1c[nH]c2cc(Br)ccc12)C(F)(F)F. The van der Waals surface area contributed by atoms with Crippen LogP contribution in [0.15, 0.2) is 28.9 Å². The number of aromatic amines is 1. The molecule has 3 nitrogen and oxygen atoms in total. The molecule has 2 rings (SSSR count). The maximum absolute atomic E-state index is 12.0. The molecule has 1 aromatic carbocycles. The Hall–Kier alpha value is -1.50. The van der Waals surface area contributed by atoms with Crippen LogP contribution < -0.4 is 5.32 Å². The van der Waals surface area contributed by atoms with E-state index >= 15 is 0 Å². The predicted molar refractivity (Wildman–Crippen MR) is 68.8 cm³/mol. The Balaban J connectivity index is 2.01. The fourth-order valence-electron chi connectivity index (χ4n) is 1.78. The van der Waals surface area contributed by atoms with Gasteiger partial charge in [0, 0.05) is 28.1 Å². The molecule has 1 aromatic heterocycles. The van der Waals surface area contributed by atoms with E-state index < -0.39 is 12.1 Å². The Kier molecular flexibility index (Phi) is 3.84. The highest BCUT2D eigenvalue weighted by molar-refractivity contribution is 9.10. The van der Waals surface area contributed by atoms with Gasteiger partial charge in [-0.15, -0.1) is 0 Å². The lowest BCUT2D eigenvalue weighted by Gasteiger charge is -2.07. The highest BCUT2D eigenvalue weighted by Crippen LogP contribution is 2.22. The first-order chi connectivity index (χ1) is 8.88. The number of rotatable bonds is 3. The number of hydrogen-bond donors (Lipinski definition) is 2. The lowest BCUT2D eigenvalue weighted by molar-refractivity contribution is -0.173. The summed E-state index contributed by atoms with van der Waals surface area (Å²) < 4.78 is 36.9. The Labute approximate surface area is 115 Å². The van der Waals surface area contributed by atoms with Gasteiger partial charge in [0.1, 0.15) is 0 Å². The number of nitrogens with one attached hydrogen (secondary N) is 2.